The molecular formula is C15H15N3O2. The molecule has 2 N–H and O–H groups in total. The molecule has 20 heavy (non-hydrogen) atoms. The number of furan rings is 1. The van der Waals surface area contributed by atoms with Crippen LogP contribution in [0.5, 0.6) is 0 Å². The molecule has 0 fully saturated rings. The fourth-order valence-corrected chi connectivity index (χ4v) is 2.24. The van der Waals surface area contributed by atoms with Gasteiger partial charge in [0.15, 0.2) is 5.76 Å². The van der Waals surface area contributed by atoms with Gasteiger partial charge in [-0.15, -0.1) is 0 Å². The van der Waals surface area contributed by atoms with E-state index in [9.17, 15) is 4.79 Å². The number of ketones is 1. The molecule has 5 nitrogen and oxygen atoms in total. The van der Waals surface area contributed by atoms with Crippen molar-refractivity contribution in [1.29, 1.82) is 0 Å². The van der Waals surface area contributed by atoms with Crippen LogP contribution in [0, 0.1) is 6.92 Å². The molecule has 1 unspecified atom stereocenters. The summed E-state index contributed by atoms with van der Waals surface area (Å²) >= 11 is 0. The first kappa shape index (κ1) is 12.6. The van der Waals surface area contributed by atoms with Gasteiger partial charge in [0.2, 0.25) is 5.78 Å². The van der Waals surface area contributed by atoms with Crippen LogP contribution in [0.2, 0.25) is 0 Å². The quantitative estimate of drug-likeness (QED) is 0.741. The number of carbonyl (C=O) groups excluding carboxylic acids is 1. The predicted molar refractivity (Wildman–Crippen MR) is 75.4 cm³/mol. The van der Waals surface area contributed by atoms with Gasteiger partial charge in [-0.3, -0.25) is 9.48 Å². The normalized spacial score (nSPS) is 12.8. The minimum Gasteiger partial charge on any atom is -0.453 e. The van der Waals surface area contributed by atoms with Crippen LogP contribution in [-0.2, 0) is 7.05 Å². The monoisotopic (exact) mass is 269 g/mol. The summed E-state index contributed by atoms with van der Waals surface area (Å²) in [5.41, 5.74) is 8.38. The number of carbonyl (C=O) groups is 1. The van der Waals surface area contributed by atoms with Crippen molar-refractivity contribution < 1.29 is 9.21 Å². The third kappa shape index (κ3) is 2.02. The number of aromatic nitrogens is 2. The van der Waals surface area contributed by atoms with Gasteiger partial charge in [0.05, 0.1) is 6.20 Å². The molecule has 1 atom stereocenters. The van der Waals surface area contributed by atoms with E-state index in [1.807, 2.05) is 25.1 Å². The van der Waals surface area contributed by atoms with E-state index in [0.29, 0.717) is 5.56 Å². The number of rotatable bonds is 3. The van der Waals surface area contributed by atoms with E-state index in [1.165, 1.54) is 0 Å². The van der Waals surface area contributed by atoms with Crippen LogP contribution < -0.4 is 5.73 Å². The largest absolute Gasteiger partial charge is 0.453 e. The van der Waals surface area contributed by atoms with Gasteiger partial charge in [-0.05, 0) is 18.6 Å². The summed E-state index contributed by atoms with van der Waals surface area (Å²) in [4.78, 5) is 12.4. The summed E-state index contributed by atoms with van der Waals surface area (Å²) in [6.45, 7) is 1.95. The maximum Gasteiger partial charge on any atom is 0.219 e. The molecule has 5 heteroatoms. The van der Waals surface area contributed by atoms with Gasteiger partial charge in [-0.25, -0.2) is 0 Å². The first-order valence-corrected chi connectivity index (χ1v) is 6.34. The van der Waals surface area contributed by atoms with Gasteiger partial charge < -0.3 is 10.2 Å². The molecule has 0 aliphatic heterocycles. The average molecular weight is 269 g/mol. The molecule has 2 aromatic heterocycles. The van der Waals surface area contributed by atoms with E-state index in [-0.39, 0.29) is 11.5 Å². The smallest absolute Gasteiger partial charge is 0.219 e. The van der Waals surface area contributed by atoms with E-state index < -0.39 is 6.04 Å². The molecule has 0 saturated heterocycles. The Balaban J connectivity index is 1.98. The SMILES string of the molecule is Cc1cccc2cc(C(=O)C(N)c3cnn(C)c3)oc12. The van der Waals surface area contributed by atoms with Crippen molar-refractivity contribution in [2.75, 3.05) is 0 Å². The second-order valence-electron chi connectivity index (χ2n) is 4.89. The number of nitrogens with two attached hydrogens (primary N) is 1. The van der Waals surface area contributed by atoms with Crippen molar-refractivity contribution >= 4 is 16.8 Å². The lowest BCUT2D eigenvalue weighted by Gasteiger charge is -2.05. The van der Waals surface area contributed by atoms with E-state index in [2.05, 4.69) is 5.10 Å². The summed E-state index contributed by atoms with van der Waals surface area (Å²) in [6, 6.07) is 6.77. The first-order chi connectivity index (χ1) is 9.56. The van der Waals surface area contributed by atoms with Crippen LogP contribution in [0.3, 0.4) is 0 Å². The maximum absolute atomic E-state index is 12.4. The van der Waals surface area contributed by atoms with E-state index in [1.54, 1.807) is 30.2 Å². The Kier molecular flexibility index (Phi) is 2.91. The number of benzene rings is 1. The zero-order chi connectivity index (χ0) is 14.3. The number of nitrogens with zero attached hydrogens (tertiary/aromatic N) is 2. The van der Waals surface area contributed by atoms with Crippen molar-refractivity contribution in [3.63, 3.8) is 0 Å². The molecule has 3 rings (SSSR count). The van der Waals surface area contributed by atoms with E-state index in [0.717, 1.165) is 16.5 Å². The minimum atomic E-state index is -0.760. The number of fused-ring (bicyclic) bond motifs is 1. The molecule has 102 valence electrons. The highest BCUT2D eigenvalue weighted by atomic mass is 16.3. The highest BCUT2D eigenvalue weighted by molar-refractivity contribution is 6.01. The molecule has 0 aliphatic rings. The van der Waals surface area contributed by atoms with Crippen molar-refractivity contribution in [2.24, 2.45) is 12.8 Å². The lowest BCUT2D eigenvalue weighted by molar-refractivity contribution is 0.0936. The van der Waals surface area contributed by atoms with Crippen LogP contribution in [0.1, 0.15) is 27.7 Å². The molecule has 2 heterocycles. The Morgan fingerprint density at radius 2 is 2.25 bits per heavy atom. The summed E-state index contributed by atoms with van der Waals surface area (Å²) in [5.74, 6) is 0.0410. The number of hydrogen-bond acceptors (Lipinski definition) is 4. The third-order valence-corrected chi connectivity index (χ3v) is 3.35. The van der Waals surface area contributed by atoms with Crippen LogP contribution in [0.25, 0.3) is 11.0 Å². The fourth-order valence-electron chi connectivity index (χ4n) is 2.24. The lowest BCUT2D eigenvalue weighted by Crippen LogP contribution is -2.20. The Hall–Kier alpha value is -2.40. The standard InChI is InChI=1S/C15H15N3O2/c1-9-4-3-5-10-6-12(20-15(9)10)14(19)13(16)11-7-17-18(2)8-11/h3-8,13H,16H2,1-2H3. The summed E-state index contributed by atoms with van der Waals surface area (Å²) < 4.78 is 7.27. The lowest BCUT2D eigenvalue weighted by atomic mass is 10.1. The van der Waals surface area contributed by atoms with Crippen molar-refractivity contribution in [3.8, 4) is 0 Å². The third-order valence-electron chi connectivity index (χ3n) is 3.35. The van der Waals surface area contributed by atoms with Crippen molar-refractivity contribution in [2.45, 2.75) is 13.0 Å². The average Bonchev–Trinajstić information content (AvgIpc) is 3.04. The van der Waals surface area contributed by atoms with Gasteiger partial charge >= 0.3 is 0 Å². The molecule has 0 aliphatic carbocycles. The maximum atomic E-state index is 12.4. The number of hydrogen-bond donors (Lipinski definition) is 1. The summed E-state index contributed by atoms with van der Waals surface area (Å²) in [7, 11) is 1.78. The zero-order valence-corrected chi connectivity index (χ0v) is 11.3. The van der Waals surface area contributed by atoms with Crippen molar-refractivity contribution in [3.05, 3.63) is 53.5 Å². The van der Waals surface area contributed by atoms with Gasteiger partial charge in [-0.2, -0.15) is 5.10 Å². The molecule has 0 amide bonds. The van der Waals surface area contributed by atoms with Gasteiger partial charge in [0, 0.05) is 24.2 Å². The first-order valence-electron chi connectivity index (χ1n) is 6.34. The minimum absolute atomic E-state index is 0.242. The van der Waals surface area contributed by atoms with Gasteiger partial charge in [-0.1, -0.05) is 18.2 Å². The van der Waals surface area contributed by atoms with Gasteiger partial charge in [0.25, 0.3) is 0 Å². The number of Topliss-reactive ketones (excluding diaryl/α,β-unsaturated/α-hetero) is 1. The summed E-state index contributed by atoms with van der Waals surface area (Å²) in [6.07, 6.45) is 3.33. The van der Waals surface area contributed by atoms with E-state index in [4.69, 9.17) is 10.2 Å². The Labute approximate surface area is 116 Å². The highest BCUT2D eigenvalue weighted by Gasteiger charge is 2.22. The Morgan fingerprint density at radius 3 is 2.90 bits per heavy atom. The molecule has 3 aromatic rings. The van der Waals surface area contributed by atoms with E-state index >= 15 is 0 Å². The molecule has 0 bridgehead atoms. The van der Waals surface area contributed by atoms with Crippen LogP contribution >= 0.6 is 0 Å². The Morgan fingerprint density at radius 1 is 1.45 bits per heavy atom. The molecule has 0 radical (unpaired) electrons. The Bertz CT molecular complexity index is 785. The second-order valence-corrected chi connectivity index (χ2v) is 4.89. The molecule has 0 spiro atoms. The second kappa shape index (κ2) is 4.61. The van der Waals surface area contributed by atoms with Crippen LogP contribution in [0.15, 0.2) is 41.1 Å². The topological polar surface area (TPSA) is 74.1 Å². The van der Waals surface area contributed by atoms with Crippen molar-refractivity contribution in [1.82, 2.24) is 9.78 Å². The molecule has 1 aromatic carbocycles. The molecular weight excluding hydrogens is 254 g/mol. The number of aryl methyl sites for hydroxylation is 2. The van der Waals surface area contributed by atoms with Crippen LogP contribution in [-0.4, -0.2) is 15.6 Å². The fraction of sp³-hybridized carbons (Fsp3) is 0.200. The van der Waals surface area contributed by atoms with Gasteiger partial charge in [0.1, 0.15) is 11.6 Å². The molecule has 0 saturated carbocycles. The zero-order valence-electron chi connectivity index (χ0n) is 11.3. The number of para-hydroxylation sites is 1. The van der Waals surface area contributed by atoms with Crippen LogP contribution in [0.4, 0.5) is 0 Å². The predicted octanol–water partition coefficient (Wildman–Crippen LogP) is 2.36. The highest BCUT2D eigenvalue weighted by Crippen LogP contribution is 2.25. The summed E-state index contributed by atoms with van der Waals surface area (Å²) in [5, 5.41) is 4.93.